The van der Waals surface area contributed by atoms with Gasteiger partial charge in [-0.2, -0.15) is 11.8 Å². The van der Waals surface area contributed by atoms with Gasteiger partial charge in [0.2, 0.25) is 0 Å². The van der Waals surface area contributed by atoms with Gasteiger partial charge in [-0.25, -0.2) is 4.39 Å². The van der Waals surface area contributed by atoms with Crippen LogP contribution in [0.1, 0.15) is 19.4 Å². The van der Waals surface area contributed by atoms with E-state index in [1.165, 1.54) is 0 Å². The van der Waals surface area contributed by atoms with Crippen molar-refractivity contribution >= 4 is 17.4 Å². The third-order valence-corrected chi connectivity index (χ3v) is 2.83. The lowest BCUT2D eigenvalue weighted by atomic mass is 10.2. The molecule has 0 aliphatic carbocycles. The maximum Gasteiger partial charge on any atom is 0.150 e. The molecule has 0 radical (unpaired) electrons. The molecule has 0 spiro atoms. The van der Waals surface area contributed by atoms with Crippen molar-refractivity contribution < 1.29 is 4.39 Å². The number of nitrogens with two attached hydrogens (primary N) is 1. The van der Waals surface area contributed by atoms with Crippen molar-refractivity contribution in [2.24, 2.45) is 0 Å². The Morgan fingerprint density at radius 2 is 2.15 bits per heavy atom. The minimum absolute atomic E-state index is 0.238. The maximum atomic E-state index is 13.3. The minimum atomic E-state index is -0.268. The normalized spacial score (nSPS) is 10.8. The highest BCUT2D eigenvalue weighted by Gasteiger charge is 2.05. The Morgan fingerprint density at radius 3 is 2.77 bits per heavy atom. The van der Waals surface area contributed by atoms with E-state index in [9.17, 15) is 4.39 Å². The predicted octanol–water partition coefficient (Wildman–Crippen LogP) is 3.05. The molecule has 13 heavy (non-hydrogen) atoms. The van der Waals surface area contributed by atoms with E-state index in [2.05, 4.69) is 13.8 Å². The summed E-state index contributed by atoms with van der Waals surface area (Å²) >= 11 is 1.71. The summed E-state index contributed by atoms with van der Waals surface area (Å²) in [6, 6.07) is 5.15. The zero-order valence-electron chi connectivity index (χ0n) is 7.88. The molecule has 2 N–H and O–H groups in total. The number of thioether (sulfide) groups is 1. The van der Waals surface area contributed by atoms with Gasteiger partial charge in [0.1, 0.15) is 5.82 Å². The van der Waals surface area contributed by atoms with Crippen LogP contribution in [0.2, 0.25) is 0 Å². The average molecular weight is 199 g/mol. The topological polar surface area (TPSA) is 26.0 Å². The first-order valence-electron chi connectivity index (χ1n) is 4.25. The summed E-state index contributed by atoms with van der Waals surface area (Å²) in [5, 5.41) is 0.515. The molecule has 0 bridgehead atoms. The number of anilines is 1. The SMILES string of the molecule is CC(C)SCc1cccc(N)c1F. The molecule has 0 aliphatic heterocycles. The average Bonchev–Trinajstić information content (AvgIpc) is 2.07. The van der Waals surface area contributed by atoms with Crippen LogP contribution in [0, 0.1) is 5.82 Å². The van der Waals surface area contributed by atoms with Crippen LogP contribution in [-0.2, 0) is 5.75 Å². The van der Waals surface area contributed by atoms with Gasteiger partial charge in [0.15, 0.2) is 0 Å². The van der Waals surface area contributed by atoms with Gasteiger partial charge in [-0.1, -0.05) is 26.0 Å². The van der Waals surface area contributed by atoms with Crippen molar-refractivity contribution in [2.75, 3.05) is 5.73 Å². The maximum absolute atomic E-state index is 13.3. The molecule has 0 fully saturated rings. The lowest BCUT2D eigenvalue weighted by Gasteiger charge is -2.06. The third kappa shape index (κ3) is 2.92. The van der Waals surface area contributed by atoms with Crippen molar-refractivity contribution in [1.82, 2.24) is 0 Å². The summed E-state index contributed by atoms with van der Waals surface area (Å²) in [5.41, 5.74) is 6.37. The number of rotatable bonds is 3. The van der Waals surface area contributed by atoms with Crippen LogP contribution < -0.4 is 5.73 Å². The van der Waals surface area contributed by atoms with E-state index in [1.807, 2.05) is 0 Å². The monoisotopic (exact) mass is 199 g/mol. The van der Waals surface area contributed by atoms with E-state index in [0.29, 0.717) is 16.6 Å². The minimum Gasteiger partial charge on any atom is -0.396 e. The Morgan fingerprint density at radius 1 is 1.46 bits per heavy atom. The highest BCUT2D eigenvalue weighted by molar-refractivity contribution is 7.99. The zero-order chi connectivity index (χ0) is 9.84. The molecule has 0 aliphatic rings. The molecule has 1 nitrogen and oxygen atoms in total. The van der Waals surface area contributed by atoms with E-state index in [0.717, 1.165) is 0 Å². The Kier molecular flexibility index (Phi) is 3.60. The molecule has 0 atom stereocenters. The number of nitrogen functional groups attached to an aromatic ring is 1. The number of hydrogen-bond acceptors (Lipinski definition) is 2. The summed E-state index contributed by atoms with van der Waals surface area (Å²) in [7, 11) is 0. The standard InChI is InChI=1S/C10H14FNS/c1-7(2)13-6-8-4-3-5-9(12)10(8)11/h3-5,7H,6,12H2,1-2H3. The fourth-order valence-corrected chi connectivity index (χ4v) is 1.70. The second kappa shape index (κ2) is 4.51. The smallest absolute Gasteiger partial charge is 0.150 e. The molecule has 0 saturated carbocycles. The largest absolute Gasteiger partial charge is 0.396 e. The third-order valence-electron chi connectivity index (χ3n) is 1.68. The quantitative estimate of drug-likeness (QED) is 0.757. The van der Waals surface area contributed by atoms with Crippen LogP contribution >= 0.6 is 11.8 Å². The van der Waals surface area contributed by atoms with Gasteiger partial charge in [0, 0.05) is 5.75 Å². The molecule has 3 heteroatoms. The molecule has 1 aromatic carbocycles. The molecular weight excluding hydrogens is 185 g/mol. The van der Waals surface area contributed by atoms with Crippen LogP contribution in [-0.4, -0.2) is 5.25 Å². The van der Waals surface area contributed by atoms with Crippen molar-refractivity contribution in [3.05, 3.63) is 29.6 Å². The molecule has 0 heterocycles. The van der Waals surface area contributed by atoms with E-state index in [-0.39, 0.29) is 11.5 Å². The number of halogens is 1. The first-order chi connectivity index (χ1) is 6.11. The van der Waals surface area contributed by atoms with Crippen LogP contribution in [0.5, 0.6) is 0 Å². The summed E-state index contributed by atoms with van der Waals surface area (Å²) in [5.74, 6) is 0.421. The van der Waals surface area contributed by atoms with Crippen LogP contribution in [0.3, 0.4) is 0 Å². The van der Waals surface area contributed by atoms with Gasteiger partial charge in [0.05, 0.1) is 5.69 Å². The van der Waals surface area contributed by atoms with Gasteiger partial charge >= 0.3 is 0 Å². The van der Waals surface area contributed by atoms with Crippen LogP contribution in [0.25, 0.3) is 0 Å². The van der Waals surface area contributed by atoms with E-state index < -0.39 is 0 Å². The first-order valence-corrected chi connectivity index (χ1v) is 5.30. The Balaban J connectivity index is 2.71. The van der Waals surface area contributed by atoms with Crippen molar-refractivity contribution in [2.45, 2.75) is 24.9 Å². The van der Waals surface area contributed by atoms with Crippen molar-refractivity contribution in [1.29, 1.82) is 0 Å². The molecular formula is C10H14FNS. The summed E-state index contributed by atoms with van der Waals surface area (Å²) in [4.78, 5) is 0. The van der Waals surface area contributed by atoms with E-state index in [4.69, 9.17) is 5.73 Å². The Bertz CT molecular complexity index is 286. The Hall–Kier alpha value is -0.700. The fourth-order valence-electron chi connectivity index (χ4n) is 0.968. The summed E-state index contributed by atoms with van der Waals surface area (Å²) in [6.07, 6.45) is 0. The van der Waals surface area contributed by atoms with Gasteiger partial charge in [-0.05, 0) is 16.9 Å². The summed E-state index contributed by atoms with van der Waals surface area (Å²) < 4.78 is 13.3. The molecule has 0 unspecified atom stereocenters. The molecule has 0 amide bonds. The fraction of sp³-hybridized carbons (Fsp3) is 0.400. The van der Waals surface area contributed by atoms with Crippen molar-refractivity contribution in [3.63, 3.8) is 0 Å². The predicted molar refractivity (Wildman–Crippen MR) is 57.2 cm³/mol. The number of benzene rings is 1. The van der Waals surface area contributed by atoms with Crippen LogP contribution in [0.4, 0.5) is 10.1 Å². The van der Waals surface area contributed by atoms with Crippen LogP contribution in [0.15, 0.2) is 18.2 Å². The van der Waals surface area contributed by atoms with Crippen molar-refractivity contribution in [3.8, 4) is 0 Å². The second-order valence-electron chi connectivity index (χ2n) is 3.18. The molecule has 1 rings (SSSR count). The molecule has 1 aromatic rings. The van der Waals surface area contributed by atoms with Gasteiger partial charge in [0.25, 0.3) is 0 Å². The lowest BCUT2D eigenvalue weighted by molar-refractivity contribution is 0.622. The van der Waals surface area contributed by atoms with E-state index in [1.54, 1.807) is 30.0 Å². The molecule has 0 saturated heterocycles. The van der Waals surface area contributed by atoms with Gasteiger partial charge in [-0.3, -0.25) is 0 Å². The lowest BCUT2D eigenvalue weighted by Crippen LogP contribution is -1.96. The first kappa shape index (κ1) is 10.4. The molecule has 0 aromatic heterocycles. The Labute approximate surface area is 82.5 Å². The highest BCUT2D eigenvalue weighted by atomic mass is 32.2. The molecule has 72 valence electrons. The van der Waals surface area contributed by atoms with E-state index >= 15 is 0 Å². The van der Waals surface area contributed by atoms with Gasteiger partial charge < -0.3 is 5.73 Å². The second-order valence-corrected chi connectivity index (χ2v) is 4.74. The summed E-state index contributed by atoms with van der Waals surface area (Å²) in [6.45, 7) is 4.18. The zero-order valence-corrected chi connectivity index (χ0v) is 8.70. The number of hydrogen-bond donors (Lipinski definition) is 1. The van der Waals surface area contributed by atoms with Gasteiger partial charge in [-0.15, -0.1) is 0 Å². The highest BCUT2D eigenvalue weighted by Crippen LogP contribution is 2.22.